The van der Waals surface area contributed by atoms with Crippen LogP contribution in [-0.4, -0.2) is 47.1 Å². The van der Waals surface area contributed by atoms with Gasteiger partial charge in [-0.15, -0.1) is 0 Å². The number of rotatable bonds is 7. The molecule has 0 fully saturated rings. The molecule has 0 aliphatic carbocycles. The van der Waals surface area contributed by atoms with Gasteiger partial charge in [-0.05, 0) is 6.42 Å². The first kappa shape index (κ1) is 13.1. The predicted molar refractivity (Wildman–Crippen MR) is 52.0 cm³/mol. The van der Waals surface area contributed by atoms with Crippen molar-refractivity contribution < 1.29 is 20.1 Å². The topological polar surface area (TPSA) is 89.8 Å². The van der Waals surface area contributed by atoms with E-state index in [0.717, 1.165) is 0 Å². The second kappa shape index (κ2) is 7.49. The third-order valence-corrected chi connectivity index (χ3v) is 1.85. The third kappa shape index (κ3) is 4.96. The fraction of sp³-hybridized carbons (Fsp3) is 0.667. The van der Waals surface area contributed by atoms with Gasteiger partial charge in [0.15, 0.2) is 0 Å². The maximum absolute atomic E-state index is 10.6. The van der Waals surface area contributed by atoms with Gasteiger partial charge in [0.25, 0.3) is 0 Å². The first-order chi connectivity index (χ1) is 6.65. The van der Waals surface area contributed by atoms with Gasteiger partial charge in [0, 0.05) is 12.1 Å². The highest BCUT2D eigenvalue weighted by molar-refractivity contribution is 5.86. The molecule has 0 heterocycles. The number of carbonyl (C=O) groups is 1. The number of aliphatic hydroxyl groups excluding tert-OH is 2. The summed E-state index contributed by atoms with van der Waals surface area (Å²) in [4.78, 5) is 10.6. The standard InChI is InChI=1S/C9H17NO4/c1-2-7(9(13)14)3-4-10-8(5-11)6-12/h3,8,10-12H,2,4-6H2,1H3,(H,13,14). The average Bonchev–Trinajstić information content (AvgIpc) is 2.18. The number of nitrogens with one attached hydrogen (secondary N) is 1. The van der Waals surface area contributed by atoms with Crippen molar-refractivity contribution in [3.8, 4) is 0 Å². The lowest BCUT2D eigenvalue weighted by Gasteiger charge is -2.11. The normalized spacial score (nSPS) is 12.1. The van der Waals surface area contributed by atoms with Crippen molar-refractivity contribution in [1.82, 2.24) is 5.32 Å². The molecule has 0 radical (unpaired) electrons. The van der Waals surface area contributed by atoms with Gasteiger partial charge in [-0.3, -0.25) is 0 Å². The van der Waals surface area contributed by atoms with Crippen LogP contribution in [-0.2, 0) is 4.79 Å². The lowest BCUT2D eigenvalue weighted by Crippen LogP contribution is -2.35. The van der Waals surface area contributed by atoms with Gasteiger partial charge in [0.2, 0.25) is 0 Å². The predicted octanol–water partition coefficient (Wildman–Crippen LogP) is -0.650. The SMILES string of the molecule is CCC(=CCNC(CO)CO)C(=O)O. The van der Waals surface area contributed by atoms with Crippen LogP contribution in [0.1, 0.15) is 13.3 Å². The number of aliphatic carboxylic acids is 1. The minimum Gasteiger partial charge on any atom is -0.478 e. The molecule has 0 aliphatic heterocycles. The number of aliphatic hydroxyl groups is 2. The quantitative estimate of drug-likeness (QED) is 0.413. The minimum absolute atomic E-state index is 0.168. The first-order valence-corrected chi connectivity index (χ1v) is 4.53. The summed E-state index contributed by atoms with van der Waals surface area (Å²) in [6.45, 7) is 1.76. The van der Waals surface area contributed by atoms with Crippen LogP contribution < -0.4 is 5.32 Å². The van der Waals surface area contributed by atoms with Gasteiger partial charge in [-0.1, -0.05) is 13.0 Å². The highest BCUT2D eigenvalue weighted by Gasteiger charge is 2.05. The van der Waals surface area contributed by atoms with Gasteiger partial charge < -0.3 is 20.6 Å². The van der Waals surface area contributed by atoms with Crippen molar-refractivity contribution in [3.05, 3.63) is 11.6 Å². The van der Waals surface area contributed by atoms with Crippen LogP contribution >= 0.6 is 0 Å². The molecule has 0 spiro atoms. The van der Waals surface area contributed by atoms with E-state index in [2.05, 4.69) is 5.32 Å². The Morgan fingerprint density at radius 1 is 1.43 bits per heavy atom. The Kier molecular flexibility index (Phi) is 7.00. The Hall–Kier alpha value is -0.910. The van der Waals surface area contributed by atoms with E-state index in [1.54, 1.807) is 13.0 Å². The molecule has 82 valence electrons. The van der Waals surface area contributed by atoms with E-state index in [9.17, 15) is 4.79 Å². The molecular formula is C9H17NO4. The van der Waals surface area contributed by atoms with E-state index in [4.69, 9.17) is 15.3 Å². The maximum Gasteiger partial charge on any atom is 0.331 e. The summed E-state index contributed by atoms with van der Waals surface area (Å²) in [6, 6.07) is -0.391. The van der Waals surface area contributed by atoms with Gasteiger partial charge in [0.05, 0.1) is 19.3 Å². The summed E-state index contributed by atoms with van der Waals surface area (Å²) in [5, 5.41) is 28.9. The highest BCUT2D eigenvalue weighted by atomic mass is 16.4. The zero-order valence-electron chi connectivity index (χ0n) is 8.23. The largest absolute Gasteiger partial charge is 0.478 e. The zero-order chi connectivity index (χ0) is 11.0. The molecule has 0 aliphatic rings. The summed E-state index contributed by atoms with van der Waals surface area (Å²) in [5.74, 6) is -0.932. The van der Waals surface area contributed by atoms with Gasteiger partial charge in [-0.2, -0.15) is 0 Å². The van der Waals surface area contributed by atoms with Crippen LogP contribution in [0.25, 0.3) is 0 Å². The van der Waals surface area contributed by atoms with E-state index in [1.165, 1.54) is 0 Å². The molecule has 4 N–H and O–H groups in total. The van der Waals surface area contributed by atoms with Crippen LogP contribution in [0.2, 0.25) is 0 Å². The average molecular weight is 203 g/mol. The zero-order valence-corrected chi connectivity index (χ0v) is 8.23. The van der Waals surface area contributed by atoms with E-state index in [0.29, 0.717) is 18.5 Å². The van der Waals surface area contributed by atoms with Crippen LogP contribution in [0, 0.1) is 0 Å². The third-order valence-electron chi connectivity index (χ3n) is 1.85. The molecule has 0 aromatic carbocycles. The molecule has 0 atom stereocenters. The summed E-state index contributed by atoms with van der Waals surface area (Å²) in [6.07, 6.45) is 2.00. The second-order valence-corrected chi connectivity index (χ2v) is 2.86. The summed E-state index contributed by atoms with van der Waals surface area (Å²) in [7, 11) is 0. The Morgan fingerprint density at radius 3 is 2.36 bits per heavy atom. The van der Waals surface area contributed by atoms with Crippen LogP contribution in [0.3, 0.4) is 0 Å². The maximum atomic E-state index is 10.6. The van der Waals surface area contributed by atoms with Gasteiger partial charge in [0.1, 0.15) is 0 Å². The molecule has 0 amide bonds. The molecule has 5 nitrogen and oxygen atoms in total. The Bertz CT molecular complexity index is 199. The van der Waals surface area contributed by atoms with Crippen molar-refractivity contribution >= 4 is 5.97 Å². The number of carboxylic acids is 1. The lowest BCUT2D eigenvalue weighted by molar-refractivity contribution is -0.132. The molecule has 0 saturated heterocycles. The van der Waals surface area contributed by atoms with Crippen molar-refractivity contribution in [2.75, 3.05) is 19.8 Å². The molecular weight excluding hydrogens is 186 g/mol. The molecule has 0 unspecified atom stereocenters. The van der Waals surface area contributed by atoms with Crippen molar-refractivity contribution in [2.45, 2.75) is 19.4 Å². The summed E-state index contributed by atoms with van der Waals surface area (Å²) >= 11 is 0. The van der Waals surface area contributed by atoms with Crippen LogP contribution in [0.5, 0.6) is 0 Å². The van der Waals surface area contributed by atoms with E-state index in [1.807, 2.05) is 0 Å². The smallest absolute Gasteiger partial charge is 0.331 e. The fourth-order valence-corrected chi connectivity index (χ4v) is 0.919. The molecule has 0 rings (SSSR count). The Morgan fingerprint density at radius 2 is 2.00 bits per heavy atom. The van der Waals surface area contributed by atoms with Crippen LogP contribution in [0.15, 0.2) is 11.6 Å². The molecule has 0 aromatic heterocycles. The molecule has 0 saturated carbocycles. The molecule has 14 heavy (non-hydrogen) atoms. The van der Waals surface area contributed by atoms with E-state index in [-0.39, 0.29) is 13.2 Å². The minimum atomic E-state index is -0.932. The van der Waals surface area contributed by atoms with Crippen molar-refractivity contribution in [3.63, 3.8) is 0 Å². The molecule has 5 heteroatoms. The van der Waals surface area contributed by atoms with Gasteiger partial charge in [-0.25, -0.2) is 4.79 Å². The Labute approximate surface area is 83.1 Å². The van der Waals surface area contributed by atoms with E-state index < -0.39 is 12.0 Å². The van der Waals surface area contributed by atoms with E-state index >= 15 is 0 Å². The number of hydrogen-bond acceptors (Lipinski definition) is 4. The van der Waals surface area contributed by atoms with Gasteiger partial charge >= 0.3 is 5.97 Å². The first-order valence-electron chi connectivity index (χ1n) is 4.53. The molecule has 0 aromatic rings. The number of carboxylic acid groups (broad SMARTS) is 1. The number of hydrogen-bond donors (Lipinski definition) is 4. The van der Waals surface area contributed by atoms with Crippen LogP contribution in [0.4, 0.5) is 0 Å². The summed E-state index contributed by atoms with van der Waals surface area (Å²) < 4.78 is 0. The second-order valence-electron chi connectivity index (χ2n) is 2.86. The fourth-order valence-electron chi connectivity index (χ4n) is 0.919. The lowest BCUT2D eigenvalue weighted by atomic mass is 10.2. The summed E-state index contributed by atoms with van der Waals surface area (Å²) in [5.41, 5.74) is 0.326. The highest BCUT2D eigenvalue weighted by Crippen LogP contribution is 1.98. The monoisotopic (exact) mass is 203 g/mol. The molecule has 0 bridgehead atoms. The van der Waals surface area contributed by atoms with Crippen molar-refractivity contribution in [1.29, 1.82) is 0 Å². The van der Waals surface area contributed by atoms with Crippen molar-refractivity contribution in [2.24, 2.45) is 0 Å². The Balaban J connectivity index is 3.94.